The van der Waals surface area contributed by atoms with Crippen LogP contribution in [0.15, 0.2) is 79.1 Å². The molecule has 2 amide bonds. The number of carbonyl (C=O) groups is 2. The average Bonchev–Trinajstić information content (AvgIpc) is 2.89. The Balaban J connectivity index is 1.59. The minimum absolute atomic E-state index is 0.160. The van der Waals surface area contributed by atoms with E-state index < -0.39 is 23.7 Å². The minimum Gasteiger partial charge on any atom is -0.322 e. The van der Waals surface area contributed by atoms with Crippen LogP contribution in [-0.4, -0.2) is 21.8 Å². The Morgan fingerprint density at radius 2 is 1.63 bits per heavy atom. The molecular weight excluding hydrogens is 495 g/mol. The second kappa shape index (κ2) is 10.9. The summed E-state index contributed by atoms with van der Waals surface area (Å²) >= 11 is 0. The van der Waals surface area contributed by atoms with Crippen molar-refractivity contribution in [2.75, 3.05) is 10.6 Å². The van der Waals surface area contributed by atoms with E-state index in [1.54, 1.807) is 42.6 Å². The lowest BCUT2D eigenvalue weighted by molar-refractivity contribution is -0.141. The van der Waals surface area contributed by atoms with Gasteiger partial charge >= 0.3 is 6.18 Å². The topological polar surface area (TPSA) is 108 Å². The van der Waals surface area contributed by atoms with Gasteiger partial charge in [0.1, 0.15) is 17.9 Å². The number of aromatic nitrogens is 2. The van der Waals surface area contributed by atoms with Crippen molar-refractivity contribution in [1.82, 2.24) is 9.97 Å². The fourth-order valence-electron chi connectivity index (χ4n) is 3.74. The smallest absolute Gasteiger partial charge is 0.322 e. The number of hydrogen-bond acceptors (Lipinski definition) is 5. The van der Waals surface area contributed by atoms with Gasteiger partial charge in [-0.25, -0.2) is 4.98 Å². The van der Waals surface area contributed by atoms with Gasteiger partial charge in [-0.3, -0.25) is 14.6 Å². The summed E-state index contributed by atoms with van der Waals surface area (Å²) in [5.74, 6) is -0.829. The highest BCUT2D eigenvalue weighted by Gasteiger charge is 2.33. The Labute approximate surface area is 216 Å². The maximum Gasteiger partial charge on any atom is 0.433 e. The molecule has 0 aliphatic heterocycles. The van der Waals surface area contributed by atoms with Crippen LogP contribution in [0.1, 0.15) is 28.0 Å². The first-order valence-corrected chi connectivity index (χ1v) is 11.3. The maximum atomic E-state index is 13.0. The van der Waals surface area contributed by atoms with Gasteiger partial charge in [-0.1, -0.05) is 24.3 Å². The van der Waals surface area contributed by atoms with Crippen molar-refractivity contribution in [3.63, 3.8) is 0 Å². The van der Waals surface area contributed by atoms with E-state index in [1.165, 1.54) is 6.07 Å². The number of amides is 2. The summed E-state index contributed by atoms with van der Waals surface area (Å²) in [5.41, 5.74) is 3.31. The number of pyridine rings is 2. The molecule has 0 unspecified atom stereocenters. The molecule has 2 heterocycles. The van der Waals surface area contributed by atoms with Crippen LogP contribution >= 0.6 is 0 Å². The molecule has 38 heavy (non-hydrogen) atoms. The highest BCUT2D eigenvalue weighted by Crippen LogP contribution is 2.32. The standard InChI is InChI=1S/C28H20F3N5O2/c1-17-5-6-22(35-27(38)21-9-11-33-24(14-21)28(29,30)31)16-23(17)20-4-2-3-18(13-20)19-8-12-34-25(15-19)36-26(37)7-10-32/h2-6,8-9,11-16H,7H2,1H3,(H,35,38)(H,34,36,37). The first-order chi connectivity index (χ1) is 18.1. The highest BCUT2D eigenvalue weighted by molar-refractivity contribution is 6.04. The minimum atomic E-state index is -4.66. The molecule has 0 fully saturated rings. The lowest BCUT2D eigenvalue weighted by atomic mass is 9.96. The number of hydrogen-bond donors (Lipinski definition) is 2. The zero-order valence-corrected chi connectivity index (χ0v) is 20.0. The molecule has 0 bridgehead atoms. The second-order valence-corrected chi connectivity index (χ2v) is 8.30. The number of benzene rings is 2. The Morgan fingerprint density at radius 3 is 2.39 bits per heavy atom. The number of alkyl halides is 3. The van der Waals surface area contributed by atoms with Gasteiger partial charge in [-0.15, -0.1) is 0 Å². The Bertz CT molecular complexity index is 1560. The molecule has 0 aliphatic carbocycles. The van der Waals surface area contributed by atoms with Crippen molar-refractivity contribution in [2.45, 2.75) is 19.5 Å². The first-order valence-electron chi connectivity index (χ1n) is 11.3. The normalized spacial score (nSPS) is 10.9. The van der Waals surface area contributed by atoms with Crippen LogP contribution in [0.5, 0.6) is 0 Å². The molecule has 2 N–H and O–H groups in total. The highest BCUT2D eigenvalue weighted by atomic mass is 19.4. The number of carbonyl (C=O) groups excluding carboxylic acids is 2. The summed E-state index contributed by atoms with van der Waals surface area (Å²) in [6.45, 7) is 1.90. The van der Waals surface area contributed by atoms with E-state index in [0.717, 1.165) is 34.0 Å². The second-order valence-electron chi connectivity index (χ2n) is 8.30. The lowest BCUT2D eigenvalue weighted by Gasteiger charge is -2.13. The number of anilines is 2. The molecule has 10 heteroatoms. The van der Waals surface area contributed by atoms with Crippen LogP contribution in [0.4, 0.5) is 24.7 Å². The molecule has 7 nitrogen and oxygen atoms in total. The molecule has 2 aromatic heterocycles. The predicted molar refractivity (Wildman–Crippen MR) is 136 cm³/mol. The van der Waals surface area contributed by atoms with Crippen molar-refractivity contribution in [2.24, 2.45) is 0 Å². The van der Waals surface area contributed by atoms with E-state index in [2.05, 4.69) is 20.6 Å². The van der Waals surface area contributed by atoms with Crippen LogP contribution in [0.3, 0.4) is 0 Å². The molecule has 0 saturated carbocycles. The molecule has 0 saturated heterocycles. The third-order valence-corrected chi connectivity index (χ3v) is 5.58. The third kappa shape index (κ3) is 6.20. The van der Waals surface area contributed by atoms with E-state index in [0.29, 0.717) is 17.6 Å². The van der Waals surface area contributed by atoms with Crippen molar-refractivity contribution < 1.29 is 22.8 Å². The Morgan fingerprint density at radius 1 is 0.895 bits per heavy atom. The van der Waals surface area contributed by atoms with Crippen molar-refractivity contribution >= 4 is 23.3 Å². The van der Waals surface area contributed by atoms with E-state index >= 15 is 0 Å². The Hall–Kier alpha value is -5.04. The van der Waals surface area contributed by atoms with Gasteiger partial charge in [0.15, 0.2) is 0 Å². The molecule has 0 atom stereocenters. The summed E-state index contributed by atoms with van der Waals surface area (Å²) in [7, 11) is 0. The number of nitriles is 1. The maximum absolute atomic E-state index is 13.0. The van der Waals surface area contributed by atoms with Gasteiger partial charge in [-0.2, -0.15) is 18.4 Å². The zero-order chi connectivity index (χ0) is 27.3. The summed E-state index contributed by atoms with van der Waals surface area (Å²) in [5, 5.41) is 13.9. The van der Waals surface area contributed by atoms with E-state index in [1.807, 2.05) is 31.2 Å². The van der Waals surface area contributed by atoms with Gasteiger partial charge in [-0.05, 0) is 77.2 Å². The number of rotatable bonds is 6. The molecule has 0 aliphatic rings. The van der Waals surface area contributed by atoms with Crippen LogP contribution in [-0.2, 0) is 11.0 Å². The van der Waals surface area contributed by atoms with Crippen LogP contribution in [0.25, 0.3) is 22.3 Å². The SMILES string of the molecule is Cc1ccc(NC(=O)c2ccnc(C(F)(F)F)c2)cc1-c1cccc(-c2ccnc(NC(=O)CC#N)c2)c1. The number of nitrogens with one attached hydrogen (secondary N) is 2. The fourth-order valence-corrected chi connectivity index (χ4v) is 3.74. The number of aryl methyl sites for hydroxylation is 1. The molecule has 0 spiro atoms. The number of nitrogens with zero attached hydrogens (tertiary/aromatic N) is 3. The zero-order valence-electron chi connectivity index (χ0n) is 20.0. The van der Waals surface area contributed by atoms with Gasteiger partial charge in [0, 0.05) is 23.6 Å². The lowest BCUT2D eigenvalue weighted by Crippen LogP contribution is -2.15. The summed E-state index contributed by atoms with van der Waals surface area (Å²) in [6, 6.07) is 20.0. The average molecular weight is 515 g/mol. The van der Waals surface area contributed by atoms with E-state index in [4.69, 9.17) is 5.26 Å². The monoisotopic (exact) mass is 515 g/mol. The quantitative estimate of drug-likeness (QED) is 0.316. The van der Waals surface area contributed by atoms with Crippen LogP contribution < -0.4 is 10.6 Å². The predicted octanol–water partition coefficient (Wildman–Crippen LogP) is 6.24. The van der Waals surface area contributed by atoms with Crippen LogP contribution in [0.2, 0.25) is 0 Å². The van der Waals surface area contributed by atoms with Gasteiger partial charge in [0.25, 0.3) is 5.91 Å². The summed E-state index contributed by atoms with van der Waals surface area (Å²) in [4.78, 5) is 31.8. The molecule has 4 rings (SSSR count). The van der Waals surface area contributed by atoms with E-state index in [-0.39, 0.29) is 12.0 Å². The molecule has 2 aromatic carbocycles. The van der Waals surface area contributed by atoms with E-state index in [9.17, 15) is 22.8 Å². The first kappa shape index (κ1) is 26.0. The molecular formula is C28H20F3N5O2. The van der Waals surface area contributed by atoms with Gasteiger partial charge in [0.05, 0.1) is 6.07 Å². The largest absolute Gasteiger partial charge is 0.433 e. The van der Waals surface area contributed by atoms with Crippen molar-refractivity contribution in [3.05, 3.63) is 95.9 Å². The van der Waals surface area contributed by atoms with Gasteiger partial charge < -0.3 is 10.6 Å². The van der Waals surface area contributed by atoms with Gasteiger partial charge in [0.2, 0.25) is 5.91 Å². The number of halogens is 3. The van der Waals surface area contributed by atoms with Crippen molar-refractivity contribution in [1.29, 1.82) is 5.26 Å². The third-order valence-electron chi connectivity index (χ3n) is 5.58. The van der Waals surface area contributed by atoms with Crippen LogP contribution in [0, 0.1) is 18.3 Å². The fraction of sp³-hybridized carbons (Fsp3) is 0.107. The Kier molecular flexibility index (Phi) is 7.48. The van der Waals surface area contributed by atoms with Crippen molar-refractivity contribution in [3.8, 4) is 28.3 Å². The molecule has 190 valence electrons. The summed E-state index contributed by atoms with van der Waals surface area (Å²) < 4.78 is 38.9. The summed E-state index contributed by atoms with van der Waals surface area (Å²) in [6.07, 6.45) is -2.44. The molecule has 0 radical (unpaired) electrons. The molecule has 4 aromatic rings.